The number of hydrogen-bond donors (Lipinski definition) is 1. The van der Waals surface area contributed by atoms with Crippen molar-refractivity contribution in [1.82, 2.24) is 34.9 Å². The number of rotatable bonds is 5. The number of nitrogens with zero attached hydrogens (tertiary/aromatic N) is 8. The van der Waals surface area contributed by atoms with Crippen molar-refractivity contribution in [1.29, 1.82) is 0 Å². The lowest BCUT2D eigenvalue weighted by Gasteiger charge is -2.32. The smallest absolute Gasteiger partial charge is 0.230 e. The quantitative estimate of drug-likeness (QED) is 0.518. The first kappa shape index (κ1) is 18.9. The van der Waals surface area contributed by atoms with Crippen molar-refractivity contribution in [2.45, 2.75) is 12.8 Å². The van der Waals surface area contributed by atoms with Crippen LogP contribution in [0.4, 0.5) is 11.6 Å². The van der Waals surface area contributed by atoms with E-state index in [2.05, 4.69) is 40.5 Å². The number of anilines is 2. The Bertz CT molecular complexity index is 1140. The van der Waals surface area contributed by atoms with Gasteiger partial charge in [-0.1, -0.05) is 0 Å². The van der Waals surface area contributed by atoms with Gasteiger partial charge in [-0.05, 0) is 37.1 Å². The highest BCUT2D eigenvalue weighted by molar-refractivity contribution is 5.92. The zero-order valence-electron chi connectivity index (χ0n) is 16.5. The first-order chi connectivity index (χ1) is 15.3. The standard InChI is InChI=1S/C20H19N9O2/c30-20(25-17-9-19(23-12-22-17)29-13-21-11-24-29)14-3-1-7-28(10-14)18-6-5-15(26-27-18)16-4-2-8-31-16/h2,4-6,8-9,11-14H,1,3,7,10H2,(H,22,23,25,30)/t14-/m0/s1. The molecule has 1 atom stereocenters. The van der Waals surface area contributed by atoms with Crippen LogP contribution in [0.5, 0.6) is 0 Å². The monoisotopic (exact) mass is 417 g/mol. The summed E-state index contributed by atoms with van der Waals surface area (Å²) in [5.41, 5.74) is 0.673. The van der Waals surface area contributed by atoms with Gasteiger partial charge < -0.3 is 14.6 Å². The van der Waals surface area contributed by atoms with E-state index in [0.29, 0.717) is 29.6 Å². The summed E-state index contributed by atoms with van der Waals surface area (Å²) in [6, 6.07) is 9.08. The predicted octanol–water partition coefficient (Wildman–Crippen LogP) is 1.96. The minimum atomic E-state index is -0.190. The summed E-state index contributed by atoms with van der Waals surface area (Å²) >= 11 is 0. The molecule has 0 bridgehead atoms. The van der Waals surface area contributed by atoms with Gasteiger partial charge in [-0.2, -0.15) is 5.10 Å². The molecule has 0 aromatic carbocycles. The van der Waals surface area contributed by atoms with Gasteiger partial charge in [0.25, 0.3) is 0 Å². The molecule has 0 radical (unpaired) electrons. The van der Waals surface area contributed by atoms with Crippen LogP contribution in [0.2, 0.25) is 0 Å². The highest BCUT2D eigenvalue weighted by Crippen LogP contribution is 2.24. The third kappa shape index (κ3) is 4.10. The molecule has 1 aliphatic rings. The van der Waals surface area contributed by atoms with Crippen LogP contribution in [-0.2, 0) is 4.79 Å². The number of carbonyl (C=O) groups excluding carboxylic acids is 1. The number of amides is 1. The molecule has 5 heterocycles. The normalized spacial score (nSPS) is 16.3. The second-order valence-electron chi connectivity index (χ2n) is 7.13. The van der Waals surface area contributed by atoms with Crippen molar-refractivity contribution in [2.75, 3.05) is 23.3 Å². The van der Waals surface area contributed by atoms with Gasteiger partial charge in [0.05, 0.1) is 12.2 Å². The largest absolute Gasteiger partial charge is 0.463 e. The molecule has 5 rings (SSSR count). The average Bonchev–Trinajstić information content (AvgIpc) is 3.54. The van der Waals surface area contributed by atoms with Crippen LogP contribution < -0.4 is 10.2 Å². The maximum atomic E-state index is 12.9. The van der Waals surface area contributed by atoms with Crippen molar-refractivity contribution >= 4 is 17.5 Å². The molecule has 0 aliphatic carbocycles. The van der Waals surface area contributed by atoms with Crippen LogP contribution in [0.25, 0.3) is 17.3 Å². The summed E-state index contributed by atoms with van der Waals surface area (Å²) < 4.78 is 6.86. The minimum Gasteiger partial charge on any atom is -0.463 e. The van der Waals surface area contributed by atoms with Crippen molar-refractivity contribution < 1.29 is 9.21 Å². The Labute approximate surface area is 177 Å². The number of hydrogen-bond acceptors (Lipinski definition) is 9. The highest BCUT2D eigenvalue weighted by atomic mass is 16.3. The third-order valence-corrected chi connectivity index (χ3v) is 5.10. The summed E-state index contributed by atoms with van der Waals surface area (Å²) in [4.78, 5) is 27.1. The van der Waals surface area contributed by atoms with Gasteiger partial charge in [0.2, 0.25) is 5.91 Å². The second kappa shape index (κ2) is 8.30. The highest BCUT2D eigenvalue weighted by Gasteiger charge is 2.27. The molecule has 4 aromatic rings. The van der Waals surface area contributed by atoms with E-state index in [1.165, 1.54) is 23.7 Å². The molecule has 1 amide bonds. The lowest BCUT2D eigenvalue weighted by molar-refractivity contribution is -0.120. The van der Waals surface area contributed by atoms with E-state index in [1.807, 2.05) is 24.3 Å². The van der Waals surface area contributed by atoms with Crippen molar-refractivity contribution in [3.8, 4) is 17.3 Å². The summed E-state index contributed by atoms with van der Waals surface area (Å²) in [5, 5.41) is 15.5. The summed E-state index contributed by atoms with van der Waals surface area (Å²) in [5.74, 6) is 2.08. The fourth-order valence-corrected chi connectivity index (χ4v) is 3.54. The average molecular weight is 417 g/mol. The van der Waals surface area contributed by atoms with E-state index in [-0.39, 0.29) is 11.8 Å². The predicted molar refractivity (Wildman–Crippen MR) is 110 cm³/mol. The maximum absolute atomic E-state index is 12.9. The van der Waals surface area contributed by atoms with Crippen LogP contribution in [0, 0.1) is 5.92 Å². The van der Waals surface area contributed by atoms with Gasteiger partial charge in [0, 0.05) is 19.2 Å². The topological polar surface area (TPSA) is 128 Å². The zero-order valence-corrected chi connectivity index (χ0v) is 16.5. The Morgan fingerprint density at radius 2 is 2.10 bits per heavy atom. The number of carbonyl (C=O) groups is 1. The molecular weight excluding hydrogens is 398 g/mol. The third-order valence-electron chi connectivity index (χ3n) is 5.10. The minimum absolute atomic E-state index is 0.0897. The van der Waals surface area contributed by atoms with E-state index in [0.717, 1.165) is 25.2 Å². The van der Waals surface area contributed by atoms with Crippen LogP contribution >= 0.6 is 0 Å². The SMILES string of the molecule is O=C(Nc1cc(-n2cncn2)ncn1)[C@H]1CCCN(c2ccc(-c3ccco3)nn2)C1. The molecule has 1 fully saturated rings. The van der Waals surface area contributed by atoms with Gasteiger partial charge in [-0.15, -0.1) is 10.2 Å². The van der Waals surface area contributed by atoms with Crippen LogP contribution in [0.1, 0.15) is 12.8 Å². The number of aromatic nitrogens is 7. The van der Waals surface area contributed by atoms with Crippen LogP contribution in [0.15, 0.2) is 60.0 Å². The molecule has 0 unspecified atom stereocenters. The summed E-state index contributed by atoms with van der Waals surface area (Å²) in [6.07, 6.45) is 7.61. The maximum Gasteiger partial charge on any atom is 0.230 e. The molecule has 156 valence electrons. The molecule has 1 saturated heterocycles. The number of furan rings is 1. The molecule has 11 heteroatoms. The zero-order chi connectivity index (χ0) is 21.0. The van der Waals surface area contributed by atoms with E-state index >= 15 is 0 Å². The molecule has 0 spiro atoms. The van der Waals surface area contributed by atoms with E-state index < -0.39 is 0 Å². The fraction of sp³-hybridized carbons (Fsp3) is 0.250. The van der Waals surface area contributed by atoms with Crippen molar-refractivity contribution in [3.05, 3.63) is 55.6 Å². The van der Waals surface area contributed by atoms with E-state index in [4.69, 9.17) is 4.42 Å². The second-order valence-corrected chi connectivity index (χ2v) is 7.13. The summed E-state index contributed by atoms with van der Waals surface area (Å²) in [7, 11) is 0. The number of nitrogens with one attached hydrogen (secondary N) is 1. The van der Waals surface area contributed by atoms with Crippen LogP contribution in [-0.4, -0.2) is 53.9 Å². The molecule has 11 nitrogen and oxygen atoms in total. The molecule has 0 saturated carbocycles. The molecular formula is C20H19N9O2. The van der Waals surface area contributed by atoms with Crippen molar-refractivity contribution in [3.63, 3.8) is 0 Å². The van der Waals surface area contributed by atoms with Gasteiger partial charge in [0.15, 0.2) is 17.4 Å². The molecule has 4 aromatic heterocycles. The van der Waals surface area contributed by atoms with Gasteiger partial charge in [-0.3, -0.25) is 4.79 Å². The van der Waals surface area contributed by atoms with Crippen molar-refractivity contribution in [2.24, 2.45) is 5.92 Å². The Morgan fingerprint density at radius 3 is 2.87 bits per heavy atom. The van der Waals surface area contributed by atoms with Gasteiger partial charge in [0.1, 0.15) is 30.5 Å². The Hall–Kier alpha value is -4.15. The lowest BCUT2D eigenvalue weighted by atomic mass is 9.97. The lowest BCUT2D eigenvalue weighted by Crippen LogP contribution is -2.41. The van der Waals surface area contributed by atoms with E-state index in [9.17, 15) is 4.79 Å². The first-order valence-corrected chi connectivity index (χ1v) is 9.87. The number of piperidine rings is 1. The Morgan fingerprint density at radius 1 is 1.13 bits per heavy atom. The Balaban J connectivity index is 1.25. The molecule has 1 aliphatic heterocycles. The fourth-order valence-electron chi connectivity index (χ4n) is 3.54. The van der Waals surface area contributed by atoms with Gasteiger partial charge >= 0.3 is 0 Å². The van der Waals surface area contributed by atoms with Crippen LogP contribution in [0.3, 0.4) is 0 Å². The van der Waals surface area contributed by atoms with E-state index in [1.54, 1.807) is 12.3 Å². The first-order valence-electron chi connectivity index (χ1n) is 9.87. The van der Waals surface area contributed by atoms with Gasteiger partial charge in [-0.25, -0.2) is 19.6 Å². The molecule has 31 heavy (non-hydrogen) atoms. The summed E-state index contributed by atoms with van der Waals surface area (Å²) in [6.45, 7) is 1.38. The molecule has 1 N–H and O–H groups in total. The Kier molecular flexibility index (Phi) is 5.05.